The minimum absolute atomic E-state index is 0.0672. The molecule has 5 heteroatoms. The van der Waals surface area contributed by atoms with Crippen LogP contribution in [-0.2, 0) is 16.0 Å². The van der Waals surface area contributed by atoms with Gasteiger partial charge in [-0.25, -0.2) is 0 Å². The van der Waals surface area contributed by atoms with Gasteiger partial charge in [0.1, 0.15) is 11.8 Å². The predicted octanol–water partition coefficient (Wildman–Crippen LogP) is 4.06. The Balaban J connectivity index is 2.09. The van der Waals surface area contributed by atoms with Crippen LogP contribution in [0, 0.1) is 13.8 Å². The molecule has 0 fully saturated rings. The normalized spacial score (nSPS) is 12.7. The maximum absolute atomic E-state index is 13.0. The molecule has 0 saturated heterocycles. The van der Waals surface area contributed by atoms with Crippen LogP contribution < -0.4 is 10.1 Å². The van der Waals surface area contributed by atoms with E-state index in [4.69, 9.17) is 4.74 Å². The Morgan fingerprint density at radius 2 is 1.67 bits per heavy atom. The molecule has 2 atom stereocenters. The molecule has 5 nitrogen and oxygen atoms in total. The molecule has 1 N–H and O–H groups in total. The molecule has 0 aromatic heterocycles. The second-order valence-corrected chi connectivity index (χ2v) is 7.93. The number of nitrogens with one attached hydrogen (secondary N) is 1. The Morgan fingerprint density at radius 3 is 2.27 bits per heavy atom. The van der Waals surface area contributed by atoms with E-state index in [2.05, 4.69) is 11.4 Å². The van der Waals surface area contributed by atoms with Crippen LogP contribution in [0.25, 0.3) is 0 Å². The van der Waals surface area contributed by atoms with Crippen molar-refractivity contribution in [3.05, 3.63) is 65.2 Å². The van der Waals surface area contributed by atoms with Crippen LogP contribution in [0.4, 0.5) is 0 Å². The Kier molecular flexibility index (Phi) is 8.90. The van der Waals surface area contributed by atoms with E-state index in [1.807, 2.05) is 70.2 Å². The van der Waals surface area contributed by atoms with Crippen LogP contribution in [0.3, 0.4) is 0 Å². The summed E-state index contributed by atoms with van der Waals surface area (Å²) in [4.78, 5) is 27.3. The van der Waals surface area contributed by atoms with Crippen LogP contribution in [0.15, 0.2) is 48.5 Å². The number of ether oxygens (including phenoxy) is 1. The second kappa shape index (κ2) is 11.4. The monoisotopic (exact) mass is 410 g/mol. The molecule has 0 radical (unpaired) electrons. The molecule has 2 aromatic rings. The summed E-state index contributed by atoms with van der Waals surface area (Å²) >= 11 is 0. The predicted molar refractivity (Wildman–Crippen MR) is 121 cm³/mol. The number of amides is 2. The zero-order valence-corrected chi connectivity index (χ0v) is 18.8. The highest BCUT2D eigenvalue weighted by atomic mass is 16.5. The highest BCUT2D eigenvalue weighted by Crippen LogP contribution is 2.16. The maximum atomic E-state index is 13.0. The fourth-order valence-electron chi connectivity index (χ4n) is 3.28. The minimum Gasteiger partial charge on any atom is -0.484 e. The molecule has 2 rings (SSSR count). The minimum atomic E-state index is -0.571. The molecule has 0 bridgehead atoms. The lowest BCUT2D eigenvalue weighted by molar-refractivity contribution is -0.141. The molecule has 30 heavy (non-hydrogen) atoms. The molecule has 0 spiro atoms. The van der Waals surface area contributed by atoms with Gasteiger partial charge in [-0.1, -0.05) is 43.3 Å². The molecule has 0 saturated carbocycles. The summed E-state index contributed by atoms with van der Waals surface area (Å²) in [5.74, 6) is 0.328. The van der Waals surface area contributed by atoms with Gasteiger partial charge in [0, 0.05) is 12.6 Å². The highest BCUT2D eigenvalue weighted by molar-refractivity contribution is 5.88. The number of aryl methyl sites for hydroxylation is 2. The average molecular weight is 411 g/mol. The van der Waals surface area contributed by atoms with Gasteiger partial charge in [-0.2, -0.15) is 0 Å². The fourth-order valence-corrected chi connectivity index (χ4v) is 3.28. The summed E-state index contributed by atoms with van der Waals surface area (Å²) in [7, 11) is 0. The molecule has 2 aromatic carbocycles. The van der Waals surface area contributed by atoms with E-state index in [1.165, 1.54) is 0 Å². The summed E-state index contributed by atoms with van der Waals surface area (Å²) in [6.07, 6.45) is 1.52. The Labute approximate surface area is 180 Å². The van der Waals surface area contributed by atoms with Crippen molar-refractivity contribution in [2.45, 2.75) is 59.5 Å². The maximum Gasteiger partial charge on any atom is 0.261 e. The lowest BCUT2D eigenvalue weighted by atomic mass is 10.1. The van der Waals surface area contributed by atoms with Gasteiger partial charge in [0.25, 0.3) is 5.91 Å². The average Bonchev–Trinajstić information content (AvgIpc) is 2.72. The number of rotatable bonds is 10. The van der Waals surface area contributed by atoms with Crippen LogP contribution in [0.1, 0.15) is 43.9 Å². The zero-order valence-electron chi connectivity index (χ0n) is 18.8. The summed E-state index contributed by atoms with van der Waals surface area (Å²) < 4.78 is 5.77. The van der Waals surface area contributed by atoms with Gasteiger partial charge in [-0.3, -0.25) is 9.59 Å². The smallest absolute Gasteiger partial charge is 0.261 e. The van der Waals surface area contributed by atoms with Crippen molar-refractivity contribution < 1.29 is 14.3 Å². The second-order valence-electron chi connectivity index (χ2n) is 7.93. The van der Waals surface area contributed by atoms with E-state index in [0.29, 0.717) is 18.7 Å². The van der Waals surface area contributed by atoms with Crippen molar-refractivity contribution in [3.8, 4) is 5.75 Å². The van der Waals surface area contributed by atoms with Crippen molar-refractivity contribution in [3.63, 3.8) is 0 Å². The first-order chi connectivity index (χ1) is 14.3. The van der Waals surface area contributed by atoms with Gasteiger partial charge >= 0.3 is 0 Å². The summed E-state index contributed by atoms with van der Waals surface area (Å²) in [6, 6.07) is 15.3. The lowest BCUT2D eigenvalue weighted by Crippen LogP contribution is -2.51. The molecule has 0 heterocycles. The first-order valence-electron chi connectivity index (χ1n) is 10.6. The van der Waals surface area contributed by atoms with Gasteiger partial charge in [-0.05, 0) is 69.4 Å². The molecule has 162 valence electrons. The number of hydrogen-bond acceptors (Lipinski definition) is 3. The quantitative estimate of drug-likeness (QED) is 0.643. The van der Waals surface area contributed by atoms with Crippen LogP contribution >= 0.6 is 0 Å². The van der Waals surface area contributed by atoms with Gasteiger partial charge in [0.05, 0.1) is 0 Å². The standard InChI is InChI=1S/C25H34N2O3/c1-6-20(4)26-25(29)21(5)27(13-12-22-10-8-7-9-11-22)24(28)17-30-23-15-18(2)14-19(3)16-23/h7-11,14-16,20-21H,6,12-13,17H2,1-5H3,(H,26,29)/t20-,21+/m0/s1. The van der Waals surface area contributed by atoms with E-state index < -0.39 is 6.04 Å². The molecule has 0 aliphatic heterocycles. The third kappa shape index (κ3) is 7.21. The highest BCUT2D eigenvalue weighted by Gasteiger charge is 2.26. The summed E-state index contributed by atoms with van der Waals surface area (Å²) in [5.41, 5.74) is 3.29. The first kappa shape index (κ1) is 23.5. The molecule has 0 aliphatic carbocycles. The molecular weight excluding hydrogens is 376 g/mol. The van der Waals surface area contributed by atoms with E-state index in [0.717, 1.165) is 23.1 Å². The number of carbonyl (C=O) groups excluding carboxylic acids is 2. The lowest BCUT2D eigenvalue weighted by Gasteiger charge is -2.29. The third-order valence-corrected chi connectivity index (χ3v) is 5.21. The first-order valence-corrected chi connectivity index (χ1v) is 10.6. The summed E-state index contributed by atoms with van der Waals surface area (Å²) in [6.45, 7) is 10.1. The van der Waals surface area contributed by atoms with E-state index in [1.54, 1.807) is 11.8 Å². The van der Waals surface area contributed by atoms with E-state index >= 15 is 0 Å². The van der Waals surface area contributed by atoms with Gasteiger partial charge in [0.15, 0.2) is 6.61 Å². The van der Waals surface area contributed by atoms with Crippen LogP contribution in [0.5, 0.6) is 5.75 Å². The Hall–Kier alpha value is -2.82. The third-order valence-electron chi connectivity index (χ3n) is 5.21. The SMILES string of the molecule is CC[C@H](C)NC(=O)[C@@H](C)N(CCc1ccccc1)C(=O)COc1cc(C)cc(C)c1. The van der Waals surface area contributed by atoms with Crippen LogP contribution in [0.2, 0.25) is 0 Å². The fraction of sp³-hybridized carbons (Fsp3) is 0.440. The van der Waals surface area contributed by atoms with Crippen molar-refractivity contribution in [2.75, 3.05) is 13.2 Å². The van der Waals surface area contributed by atoms with Crippen molar-refractivity contribution in [1.82, 2.24) is 10.2 Å². The van der Waals surface area contributed by atoms with Gasteiger partial charge < -0.3 is 15.0 Å². The molecule has 0 aliphatic rings. The number of hydrogen-bond donors (Lipinski definition) is 1. The largest absolute Gasteiger partial charge is 0.484 e. The van der Waals surface area contributed by atoms with Crippen molar-refractivity contribution >= 4 is 11.8 Å². The molecular formula is C25H34N2O3. The van der Waals surface area contributed by atoms with E-state index in [9.17, 15) is 9.59 Å². The van der Waals surface area contributed by atoms with Crippen LogP contribution in [-0.4, -0.2) is 41.9 Å². The Bertz CT molecular complexity index is 815. The molecule has 0 unspecified atom stereocenters. The van der Waals surface area contributed by atoms with Gasteiger partial charge in [0.2, 0.25) is 5.91 Å². The molecule has 2 amide bonds. The summed E-state index contributed by atoms with van der Waals surface area (Å²) in [5, 5.41) is 2.98. The van der Waals surface area contributed by atoms with E-state index in [-0.39, 0.29) is 24.5 Å². The number of benzene rings is 2. The van der Waals surface area contributed by atoms with Crippen molar-refractivity contribution in [1.29, 1.82) is 0 Å². The van der Waals surface area contributed by atoms with Gasteiger partial charge in [-0.15, -0.1) is 0 Å². The zero-order chi connectivity index (χ0) is 22.1. The number of nitrogens with zero attached hydrogens (tertiary/aromatic N) is 1. The topological polar surface area (TPSA) is 58.6 Å². The number of carbonyl (C=O) groups is 2. The van der Waals surface area contributed by atoms with Crippen molar-refractivity contribution in [2.24, 2.45) is 0 Å². The Morgan fingerprint density at radius 1 is 1.03 bits per heavy atom.